The zero-order valence-corrected chi connectivity index (χ0v) is 7.12. The molecule has 0 aromatic carbocycles. The highest BCUT2D eigenvalue weighted by Crippen LogP contribution is 1.93. The van der Waals surface area contributed by atoms with Crippen molar-refractivity contribution in [3.8, 4) is 0 Å². The molecule has 8 N–H and O–H groups in total. The highest BCUT2D eigenvalue weighted by molar-refractivity contribution is 6.32. The lowest BCUT2D eigenvalue weighted by atomic mass is 10.2. The van der Waals surface area contributed by atoms with Gasteiger partial charge in [-0.2, -0.15) is 0 Å². The lowest BCUT2D eigenvalue weighted by Crippen LogP contribution is -2.17. The molecule has 0 unspecified atom stereocenters. The van der Waals surface area contributed by atoms with Crippen LogP contribution >= 0.6 is 0 Å². The summed E-state index contributed by atoms with van der Waals surface area (Å²) < 4.78 is 4.46. The minimum Gasteiger partial charge on any atom is -0.402 e. The fourth-order valence-corrected chi connectivity index (χ4v) is 0.541. The van der Waals surface area contributed by atoms with E-state index in [1.54, 1.807) is 0 Å². The van der Waals surface area contributed by atoms with Crippen LogP contribution in [0.5, 0.6) is 0 Å². The van der Waals surface area contributed by atoms with Gasteiger partial charge in [-0.15, -0.1) is 0 Å². The summed E-state index contributed by atoms with van der Waals surface area (Å²) in [6.45, 7) is 2.51. The zero-order valence-electron chi connectivity index (χ0n) is 7.12. The number of unbranched alkanes of at least 4 members (excludes halogenated alkanes) is 2. The van der Waals surface area contributed by atoms with Crippen LogP contribution in [0.3, 0.4) is 0 Å². The van der Waals surface area contributed by atoms with Gasteiger partial charge in [0.15, 0.2) is 0 Å². The van der Waals surface area contributed by atoms with E-state index in [1.165, 1.54) is 0 Å². The van der Waals surface area contributed by atoms with Gasteiger partial charge in [0.25, 0.3) is 0 Å². The maximum absolute atomic E-state index is 8.19. The topological polar surface area (TPSA) is 120 Å². The average Bonchev–Trinajstić information content (AvgIpc) is 1.80. The van der Waals surface area contributed by atoms with Crippen LogP contribution < -0.4 is 12.3 Å². The van der Waals surface area contributed by atoms with Gasteiger partial charge in [-0.05, 0) is 6.42 Å². The molecule has 0 radical (unpaired) electrons. The number of hydrogen-bond donors (Lipinski definition) is 4. The zero-order chi connectivity index (χ0) is 7.11. The van der Waals surface area contributed by atoms with E-state index in [0.29, 0.717) is 6.61 Å². The monoisotopic (exact) mass is 166 g/mol. The quantitative estimate of drug-likeness (QED) is 0.349. The largest absolute Gasteiger partial charge is 0.633 e. The molecule has 5 nitrogen and oxygen atoms in total. The summed E-state index contributed by atoms with van der Waals surface area (Å²) >= 11 is 0. The molecular formula is C5H19BN2O3. The van der Waals surface area contributed by atoms with Crippen LogP contribution in [0, 0.1) is 0 Å². The Morgan fingerprint density at radius 1 is 1.18 bits per heavy atom. The standard InChI is InChI=1S/C5H13BO3.2H3N/c1-2-3-4-5-9-6(7)8;;/h7-8H,2-5H2,1H3;2*1H3. The summed E-state index contributed by atoms with van der Waals surface area (Å²) in [6, 6.07) is 0. The first-order valence-electron chi connectivity index (χ1n) is 3.25. The molecule has 0 saturated heterocycles. The normalized spacial score (nSPS) is 7.91. The second-order valence-corrected chi connectivity index (χ2v) is 1.90. The lowest BCUT2D eigenvalue weighted by Gasteiger charge is -1.99. The third kappa shape index (κ3) is 17.7. The highest BCUT2D eigenvalue weighted by Gasteiger charge is 2.05. The van der Waals surface area contributed by atoms with Crippen LogP contribution in [0.15, 0.2) is 0 Å². The van der Waals surface area contributed by atoms with Crippen LogP contribution in [-0.4, -0.2) is 24.0 Å². The summed E-state index contributed by atoms with van der Waals surface area (Å²) in [5.41, 5.74) is 0. The molecule has 0 saturated carbocycles. The van der Waals surface area contributed by atoms with Crippen molar-refractivity contribution >= 4 is 7.32 Å². The molecule has 0 rings (SSSR count). The molecule has 0 aliphatic heterocycles. The van der Waals surface area contributed by atoms with Crippen molar-refractivity contribution in [1.29, 1.82) is 0 Å². The van der Waals surface area contributed by atoms with Gasteiger partial charge in [0.05, 0.1) is 0 Å². The summed E-state index contributed by atoms with van der Waals surface area (Å²) in [6.07, 6.45) is 3.09. The molecule has 11 heavy (non-hydrogen) atoms. The lowest BCUT2D eigenvalue weighted by molar-refractivity contribution is 0.182. The van der Waals surface area contributed by atoms with E-state index in [-0.39, 0.29) is 12.3 Å². The predicted octanol–water partition coefficient (Wildman–Crippen LogP) is 0.487. The highest BCUT2D eigenvalue weighted by atomic mass is 16.6. The maximum atomic E-state index is 8.19. The molecule has 0 spiro atoms. The Hall–Kier alpha value is -0.135. The van der Waals surface area contributed by atoms with Gasteiger partial charge in [-0.3, -0.25) is 0 Å². The summed E-state index contributed by atoms with van der Waals surface area (Å²) in [7, 11) is -1.60. The third-order valence-corrected chi connectivity index (χ3v) is 1.01. The van der Waals surface area contributed by atoms with Crippen molar-refractivity contribution in [2.75, 3.05) is 6.61 Å². The minimum atomic E-state index is -1.60. The van der Waals surface area contributed by atoms with Crippen molar-refractivity contribution < 1.29 is 14.7 Å². The van der Waals surface area contributed by atoms with Crippen molar-refractivity contribution in [1.82, 2.24) is 12.3 Å². The molecule has 0 bridgehead atoms. The Bertz CT molecular complexity index is 65.7. The van der Waals surface area contributed by atoms with Gasteiger partial charge in [-0.1, -0.05) is 19.8 Å². The van der Waals surface area contributed by atoms with Gasteiger partial charge in [0.2, 0.25) is 0 Å². The van der Waals surface area contributed by atoms with Gasteiger partial charge < -0.3 is 27.0 Å². The van der Waals surface area contributed by atoms with Crippen LogP contribution in [0.25, 0.3) is 0 Å². The minimum absolute atomic E-state index is 0. The summed E-state index contributed by atoms with van der Waals surface area (Å²) in [4.78, 5) is 0. The Morgan fingerprint density at radius 2 is 1.73 bits per heavy atom. The average molecular weight is 166 g/mol. The van der Waals surface area contributed by atoms with Crippen LogP contribution in [0.2, 0.25) is 0 Å². The van der Waals surface area contributed by atoms with E-state index in [0.717, 1.165) is 19.3 Å². The molecule has 0 aromatic rings. The van der Waals surface area contributed by atoms with Crippen LogP contribution in [0.1, 0.15) is 26.2 Å². The first-order valence-corrected chi connectivity index (χ1v) is 3.25. The number of rotatable bonds is 5. The van der Waals surface area contributed by atoms with E-state index >= 15 is 0 Å². The van der Waals surface area contributed by atoms with Gasteiger partial charge in [0, 0.05) is 6.61 Å². The summed E-state index contributed by atoms with van der Waals surface area (Å²) in [5.74, 6) is 0. The van der Waals surface area contributed by atoms with Gasteiger partial charge >= 0.3 is 7.32 Å². The first-order chi connectivity index (χ1) is 4.27. The Kier molecular flexibility index (Phi) is 19.5. The van der Waals surface area contributed by atoms with Crippen LogP contribution in [0.4, 0.5) is 0 Å². The second-order valence-electron chi connectivity index (χ2n) is 1.90. The van der Waals surface area contributed by atoms with Crippen LogP contribution in [-0.2, 0) is 4.65 Å². The molecule has 0 heterocycles. The fourth-order valence-electron chi connectivity index (χ4n) is 0.541. The van der Waals surface area contributed by atoms with E-state index in [1.807, 2.05) is 0 Å². The molecule has 6 heteroatoms. The van der Waals surface area contributed by atoms with E-state index in [2.05, 4.69) is 11.6 Å². The van der Waals surface area contributed by atoms with Crippen molar-refractivity contribution in [2.45, 2.75) is 26.2 Å². The molecule has 0 aliphatic rings. The Labute approximate surface area is 68.1 Å². The van der Waals surface area contributed by atoms with Crippen molar-refractivity contribution in [3.05, 3.63) is 0 Å². The van der Waals surface area contributed by atoms with Gasteiger partial charge in [0.1, 0.15) is 0 Å². The molecular weight excluding hydrogens is 147 g/mol. The smallest absolute Gasteiger partial charge is 0.402 e. The molecule has 0 atom stereocenters. The van der Waals surface area contributed by atoms with Gasteiger partial charge in [-0.25, -0.2) is 0 Å². The summed E-state index contributed by atoms with van der Waals surface area (Å²) in [5, 5.41) is 16.4. The van der Waals surface area contributed by atoms with E-state index in [4.69, 9.17) is 10.0 Å². The molecule has 0 aromatic heterocycles. The maximum Gasteiger partial charge on any atom is 0.633 e. The van der Waals surface area contributed by atoms with E-state index in [9.17, 15) is 0 Å². The second kappa shape index (κ2) is 12.5. The molecule has 70 valence electrons. The predicted molar refractivity (Wildman–Crippen MR) is 45.7 cm³/mol. The first kappa shape index (κ1) is 17.1. The SMILES string of the molecule is CCCCCOB(O)O.N.N. The third-order valence-electron chi connectivity index (χ3n) is 1.01. The number of hydrogen-bond acceptors (Lipinski definition) is 5. The van der Waals surface area contributed by atoms with Crippen molar-refractivity contribution in [2.24, 2.45) is 0 Å². The molecule has 0 amide bonds. The Balaban J connectivity index is -0.000000320. The van der Waals surface area contributed by atoms with Crippen molar-refractivity contribution in [3.63, 3.8) is 0 Å². The van der Waals surface area contributed by atoms with E-state index < -0.39 is 7.32 Å². The molecule has 0 fully saturated rings. The molecule has 0 aliphatic carbocycles. The Morgan fingerprint density at radius 3 is 2.09 bits per heavy atom. The fraction of sp³-hybridized carbons (Fsp3) is 1.00.